The molecule has 7 heteroatoms. The molecule has 0 spiro atoms. The minimum atomic E-state index is -0.121. The monoisotopic (exact) mass is 410 g/mol. The van der Waals surface area contributed by atoms with E-state index in [0.29, 0.717) is 37.1 Å². The molecule has 0 heterocycles. The van der Waals surface area contributed by atoms with Gasteiger partial charge in [0.25, 0.3) is 5.91 Å². The normalized spacial score (nSPS) is 13.5. The fourth-order valence-corrected chi connectivity index (χ4v) is 2.88. The molecule has 0 aromatic heterocycles. The zero-order chi connectivity index (χ0) is 21.2. The Morgan fingerprint density at radius 1 is 1.03 bits per heavy atom. The van der Waals surface area contributed by atoms with Crippen LogP contribution >= 0.6 is 0 Å². The number of amides is 1. The maximum absolute atomic E-state index is 12.2. The van der Waals surface area contributed by atoms with E-state index < -0.39 is 0 Å². The minimum absolute atomic E-state index is 0.121. The second kappa shape index (κ2) is 11.1. The first-order chi connectivity index (χ1) is 14.7. The van der Waals surface area contributed by atoms with Gasteiger partial charge in [-0.15, -0.1) is 0 Å². The summed E-state index contributed by atoms with van der Waals surface area (Å²) >= 11 is 0. The van der Waals surface area contributed by atoms with Crippen LogP contribution in [0.15, 0.2) is 53.5 Å². The van der Waals surface area contributed by atoms with Crippen molar-refractivity contribution in [3.8, 4) is 11.5 Å². The summed E-state index contributed by atoms with van der Waals surface area (Å²) in [6.45, 7) is 2.44. The van der Waals surface area contributed by atoms with Crippen LogP contribution < -0.4 is 25.4 Å². The smallest absolute Gasteiger partial charge is 0.251 e. The number of guanidine groups is 1. The molecule has 1 aliphatic carbocycles. The number of nitrogens with zero attached hydrogens (tertiary/aromatic N) is 1. The van der Waals surface area contributed by atoms with E-state index >= 15 is 0 Å². The van der Waals surface area contributed by atoms with Gasteiger partial charge in [-0.3, -0.25) is 9.79 Å². The molecule has 1 amide bonds. The summed E-state index contributed by atoms with van der Waals surface area (Å²) in [6, 6.07) is 15.1. The van der Waals surface area contributed by atoms with Crippen LogP contribution in [0.25, 0.3) is 0 Å². The number of ether oxygens (including phenoxy) is 2. The van der Waals surface area contributed by atoms with Gasteiger partial charge in [0, 0.05) is 37.8 Å². The van der Waals surface area contributed by atoms with E-state index in [9.17, 15) is 4.79 Å². The third-order valence-corrected chi connectivity index (χ3v) is 4.87. The summed E-state index contributed by atoms with van der Waals surface area (Å²) in [4.78, 5) is 16.4. The average molecular weight is 411 g/mol. The van der Waals surface area contributed by atoms with Crippen LogP contribution in [0.3, 0.4) is 0 Å². The fraction of sp³-hybridized carbons (Fsp3) is 0.391. The maximum atomic E-state index is 12.2. The van der Waals surface area contributed by atoms with E-state index in [1.807, 2.05) is 18.2 Å². The first-order valence-corrected chi connectivity index (χ1v) is 10.3. The van der Waals surface area contributed by atoms with E-state index in [0.717, 1.165) is 23.7 Å². The van der Waals surface area contributed by atoms with E-state index in [-0.39, 0.29) is 5.91 Å². The lowest BCUT2D eigenvalue weighted by Crippen LogP contribution is -2.41. The Balaban J connectivity index is 1.39. The highest BCUT2D eigenvalue weighted by Crippen LogP contribution is 2.30. The predicted octanol–water partition coefficient (Wildman–Crippen LogP) is 2.58. The fourth-order valence-electron chi connectivity index (χ4n) is 2.88. The van der Waals surface area contributed by atoms with Gasteiger partial charge < -0.3 is 25.4 Å². The Morgan fingerprint density at radius 3 is 2.47 bits per heavy atom. The van der Waals surface area contributed by atoms with Crippen LogP contribution in [0.4, 0.5) is 0 Å². The quantitative estimate of drug-likeness (QED) is 0.319. The van der Waals surface area contributed by atoms with Crippen molar-refractivity contribution in [3.05, 3.63) is 59.7 Å². The van der Waals surface area contributed by atoms with Gasteiger partial charge in [-0.2, -0.15) is 0 Å². The molecular weight excluding hydrogens is 380 g/mol. The Kier molecular flexibility index (Phi) is 7.94. The molecule has 0 unspecified atom stereocenters. The number of hydrogen-bond acceptors (Lipinski definition) is 4. The number of para-hydroxylation sites is 1. The van der Waals surface area contributed by atoms with Crippen molar-refractivity contribution >= 4 is 11.9 Å². The van der Waals surface area contributed by atoms with E-state index in [1.165, 1.54) is 12.8 Å². The lowest BCUT2D eigenvalue weighted by atomic mass is 10.2. The van der Waals surface area contributed by atoms with Gasteiger partial charge in [0.05, 0.1) is 13.7 Å². The molecule has 1 saturated carbocycles. The summed E-state index contributed by atoms with van der Waals surface area (Å²) < 4.78 is 11.1. The molecule has 2 aromatic rings. The van der Waals surface area contributed by atoms with E-state index in [1.54, 1.807) is 38.4 Å². The Hall–Kier alpha value is -3.22. The first kappa shape index (κ1) is 21.5. The number of rotatable bonds is 10. The Labute approximate surface area is 177 Å². The summed E-state index contributed by atoms with van der Waals surface area (Å²) in [5, 5.41) is 9.39. The second-order valence-corrected chi connectivity index (χ2v) is 7.20. The molecule has 3 N–H and O–H groups in total. The molecule has 7 nitrogen and oxygen atoms in total. The summed E-state index contributed by atoms with van der Waals surface area (Å²) in [7, 11) is 3.32. The lowest BCUT2D eigenvalue weighted by molar-refractivity contribution is 0.0954. The molecule has 0 atom stereocenters. The zero-order valence-electron chi connectivity index (χ0n) is 17.6. The van der Waals surface area contributed by atoms with Gasteiger partial charge in [0.2, 0.25) is 0 Å². The summed E-state index contributed by atoms with van der Waals surface area (Å²) in [5.41, 5.74) is 1.69. The van der Waals surface area contributed by atoms with Crippen LogP contribution in [0.2, 0.25) is 0 Å². The number of carbonyl (C=O) groups excluding carboxylic acids is 1. The lowest BCUT2D eigenvalue weighted by Gasteiger charge is -2.15. The van der Waals surface area contributed by atoms with Crippen molar-refractivity contribution in [2.75, 3.05) is 33.9 Å². The number of benzene rings is 2. The molecular formula is C23H30N4O3. The molecule has 3 rings (SSSR count). The van der Waals surface area contributed by atoms with Crippen LogP contribution in [0.5, 0.6) is 11.5 Å². The van der Waals surface area contributed by atoms with Gasteiger partial charge in [0.15, 0.2) is 5.96 Å². The van der Waals surface area contributed by atoms with Crippen molar-refractivity contribution < 1.29 is 14.3 Å². The molecule has 0 bridgehead atoms. The van der Waals surface area contributed by atoms with Crippen LogP contribution in [-0.4, -0.2) is 45.7 Å². The number of hydrogen-bond donors (Lipinski definition) is 3. The molecule has 160 valence electrons. The molecule has 1 fully saturated rings. The third kappa shape index (κ3) is 6.69. The number of methoxy groups -OCH3 is 1. The summed E-state index contributed by atoms with van der Waals surface area (Å²) in [6.07, 6.45) is 2.54. The highest BCUT2D eigenvalue weighted by Gasteiger charge is 2.22. The number of nitrogens with one attached hydrogen (secondary N) is 3. The molecule has 0 radical (unpaired) electrons. The van der Waals surface area contributed by atoms with Crippen molar-refractivity contribution in [1.82, 2.24) is 16.0 Å². The van der Waals surface area contributed by atoms with Crippen molar-refractivity contribution in [1.29, 1.82) is 0 Å². The minimum Gasteiger partial charge on any atom is -0.497 e. The Morgan fingerprint density at radius 2 is 1.77 bits per heavy atom. The largest absolute Gasteiger partial charge is 0.497 e. The molecule has 0 aliphatic heterocycles. The average Bonchev–Trinajstić information content (AvgIpc) is 3.62. The topological polar surface area (TPSA) is 84.0 Å². The van der Waals surface area contributed by atoms with Gasteiger partial charge >= 0.3 is 0 Å². The highest BCUT2D eigenvalue weighted by molar-refractivity contribution is 5.94. The van der Waals surface area contributed by atoms with Crippen LogP contribution in [0, 0.1) is 5.92 Å². The van der Waals surface area contributed by atoms with Crippen LogP contribution in [-0.2, 0) is 6.54 Å². The highest BCUT2D eigenvalue weighted by atomic mass is 16.5. The molecule has 30 heavy (non-hydrogen) atoms. The molecule has 1 aliphatic rings. The second-order valence-electron chi connectivity index (χ2n) is 7.20. The van der Waals surface area contributed by atoms with E-state index in [4.69, 9.17) is 9.47 Å². The van der Waals surface area contributed by atoms with E-state index in [2.05, 4.69) is 27.0 Å². The zero-order valence-corrected chi connectivity index (χ0v) is 17.6. The Bertz CT molecular complexity index is 848. The van der Waals surface area contributed by atoms with Crippen molar-refractivity contribution in [2.45, 2.75) is 19.4 Å². The summed E-state index contributed by atoms with van der Waals surface area (Å²) in [5.74, 6) is 2.91. The first-order valence-electron chi connectivity index (χ1n) is 10.3. The SMILES string of the molecule is CN=C(NCCNC(=O)c1ccc(OC)cc1)NCc1ccccc1OCC1CC1. The molecule has 0 saturated heterocycles. The van der Waals surface area contributed by atoms with Gasteiger partial charge in [-0.05, 0) is 49.1 Å². The van der Waals surface area contributed by atoms with Gasteiger partial charge in [-0.25, -0.2) is 0 Å². The molecule has 2 aromatic carbocycles. The van der Waals surface area contributed by atoms with Crippen molar-refractivity contribution in [2.24, 2.45) is 10.9 Å². The maximum Gasteiger partial charge on any atom is 0.251 e. The standard InChI is InChI=1S/C23H30N4O3/c1-24-23(26-14-13-25-22(28)18-9-11-20(29-2)12-10-18)27-15-19-5-3-4-6-21(19)30-16-17-7-8-17/h3-6,9-12,17H,7-8,13-16H2,1-2H3,(H,25,28)(H2,24,26,27). The van der Waals surface area contributed by atoms with Gasteiger partial charge in [0.1, 0.15) is 11.5 Å². The van der Waals surface area contributed by atoms with Gasteiger partial charge in [-0.1, -0.05) is 18.2 Å². The third-order valence-electron chi connectivity index (χ3n) is 4.87. The predicted molar refractivity (Wildman–Crippen MR) is 118 cm³/mol. The van der Waals surface area contributed by atoms with Crippen molar-refractivity contribution in [3.63, 3.8) is 0 Å². The van der Waals surface area contributed by atoms with Crippen LogP contribution in [0.1, 0.15) is 28.8 Å². The number of aliphatic imine (C=N–C) groups is 1. The number of carbonyl (C=O) groups is 1.